The lowest BCUT2D eigenvalue weighted by atomic mass is 9.86. The van der Waals surface area contributed by atoms with E-state index in [1.165, 1.54) is 0 Å². The third-order valence-corrected chi connectivity index (χ3v) is 5.31. The number of ether oxygens (including phenoxy) is 1. The van der Waals surface area contributed by atoms with Crippen molar-refractivity contribution < 1.29 is 14.6 Å². The van der Waals surface area contributed by atoms with Crippen molar-refractivity contribution in [1.29, 1.82) is 0 Å². The molecule has 2 N–H and O–H groups in total. The Morgan fingerprint density at radius 1 is 1.19 bits per heavy atom. The van der Waals surface area contributed by atoms with Crippen molar-refractivity contribution in [3.05, 3.63) is 63.9 Å². The van der Waals surface area contributed by atoms with E-state index in [2.05, 4.69) is 4.98 Å². The molecule has 0 radical (unpaired) electrons. The molecular weight excluding hydrogens is 332 g/mol. The van der Waals surface area contributed by atoms with Gasteiger partial charge in [0, 0.05) is 16.5 Å². The van der Waals surface area contributed by atoms with Crippen molar-refractivity contribution in [2.45, 2.75) is 25.6 Å². The van der Waals surface area contributed by atoms with Crippen LogP contribution in [0.15, 0.2) is 47.3 Å². The average Bonchev–Trinajstić information content (AvgIpc) is 3.01. The maximum absolute atomic E-state index is 13.1. The van der Waals surface area contributed by atoms with Gasteiger partial charge in [-0.3, -0.25) is 9.20 Å². The molecular formula is C20H16N2O4. The number of fused-ring (bicyclic) bond motifs is 5. The summed E-state index contributed by atoms with van der Waals surface area (Å²) in [6.07, 6.45) is 0.144. The molecule has 0 aliphatic carbocycles. The summed E-state index contributed by atoms with van der Waals surface area (Å²) in [5.41, 5.74) is 1.80. The van der Waals surface area contributed by atoms with Crippen LogP contribution in [0.5, 0.6) is 0 Å². The average molecular weight is 348 g/mol. The number of nitrogens with one attached hydrogen (secondary N) is 1. The van der Waals surface area contributed by atoms with Crippen molar-refractivity contribution in [2.75, 3.05) is 0 Å². The van der Waals surface area contributed by atoms with E-state index in [9.17, 15) is 14.7 Å². The number of carbonyl (C=O) groups is 1. The second-order valence-corrected chi connectivity index (χ2v) is 6.69. The Labute approximate surface area is 147 Å². The van der Waals surface area contributed by atoms with E-state index in [1.54, 1.807) is 17.4 Å². The summed E-state index contributed by atoms with van der Waals surface area (Å²) in [6, 6.07) is 13.4. The number of esters is 1. The van der Waals surface area contributed by atoms with Crippen molar-refractivity contribution in [1.82, 2.24) is 9.38 Å². The van der Waals surface area contributed by atoms with Gasteiger partial charge in [-0.2, -0.15) is 0 Å². The smallest absolute Gasteiger partial charge is 0.343 e. The van der Waals surface area contributed by atoms with Crippen LogP contribution in [0.3, 0.4) is 0 Å². The number of hydrogen-bond acceptors (Lipinski definition) is 4. The first-order chi connectivity index (χ1) is 12.5. The highest BCUT2D eigenvalue weighted by Crippen LogP contribution is 2.34. The molecule has 1 aliphatic rings. The summed E-state index contributed by atoms with van der Waals surface area (Å²) in [5, 5.41) is 11.8. The van der Waals surface area contributed by atoms with Gasteiger partial charge < -0.3 is 14.8 Å². The van der Waals surface area contributed by atoms with E-state index in [0.717, 1.165) is 21.9 Å². The predicted octanol–water partition coefficient (Wildman–Crippen LogP) is 2.59. The first-order valence-electron chi connectivity index (χ1n) is 8.52. The molecule has 0 saturated carbocycles. The number of aromatic amines is 1. The molecule has 0 bridgehead atoms. The van der Waals surface area contributed by atoms with Gasteiger partial charge in [-0.05, 0) is 30.7 Å². The fraction of sp³-hybridized carbons (Fsp3) is 0.200. The number of aromatic nitrogens is 2. The van der Waals surface area contributed by atoms with Gasteiger partial charge in [0.25, 0.3) is 5.56 Å². The number of carbonyl (C=O) groups excluding carboxylic acids is 1. The molecule has 1 aliphatic heterocycles. The zero-order chi connectivity index (χ0) is 18.1. The standard InChI is InChI=1S/C20H16N2O4/c1-2-20(25)14-8-12-9-16-17(7-11-5-3-4-6-15(11)21-16)22(12)18(23)13(14)10-26-19(20)24/h3-9,21,25H,2,10H2,1H3/t20-/m0/s1. The Balaban J connectivity index is 1.93. The van der Waals surface area contributed by atoms with E-state index in [0.29, 0.717) is 16.6 Å². The normalized spacial score (nSPS) is 19.8. The second kappa shape index (κ2) is 4.95. The molecule has 0 amide bonds. The number of H-pyrrole nitrogens is 1. The molecule has 0 saturated heterocycles. The Morgan fingerprint density at radius 3 is 2.81 bits per heavy atom. The van der Waals surface area contributed by atoms with Crippen LogP contribution in [0.2, 0.25) is 0 Å². The molecule has 5 rings (SSSR count). The van der Waals surface area contributed by atoms with Crippen molar-refractivity contribution in [2.24, 2.45) is 0 Å². The molecule has 0 unspecified atom stereocenters. The quantitative estimate of drug-likeness (QED) is 0.518. The summed E-state index contributed by atoms with van der Waals surface area (Å²) in [7, 11) is 0. The lowest BCUT2D eigenvalue weighted by Crippen LogP contribution is -2.43. The minimum atomic E-state index is -1.78. The third kappa shape index (κ3) is 1.79. The van der Waals surface area contributed by atoms with Crippen LogP contribution in [-0.4, -0.2) is 20.5 Å². The van der Waals surface area contributed by atoms with E-state index >= 15 is 0 Å². The fourth-order valence-corrected chi connectivity index (χ4v) is 3.85. The Kier molecular flexibility index (Phi) is 2.89. The molecule has 4 heterocycles. The highest BCUT2D eigenvalue weighted by Gasteiger charge is 2.44. The van der Waals surface area contributed by atoms with E-state index in [-0.39, 0.29) is 18.6 Å². The summed E-state index contributed by atoms with van der Waals surface area (Å²) in [5.74, 6) is -0.704. The molecule has 6 nitrogen and oxygen atoms in total. The third-order valence-electron chi connectivity index (χ3n) is 5.31. The fourth-order valence-electron chi connectivity index (χ4n) is 3.85. The number of hydrogen-bond donors (Lipinski definition) is 2. The number of aliphatic hydroxyl groups is 1. The number of pyridine rings is 2. The molecule has 1 atom stereocenters. The molecule has 6 heteroatoms. The Bertz CT molecular complexity index is 1280. The van der Waals surface area contributed by atoms with Crippen LogP contribution >= 0.6 is 0 Å². The highest BCUT2D eigenvalue weighted by atomic mass is 16.6. The number of rotatable bonds is 1. The molecule has 3 aromatic heterocycles. The number of benzene rings is 1. The van der Waals surface area contributed by atoms with E-state index < -0.39 is 11.6 Å². The first kappa shape index (κ1) is 15.2. The lowest BCUT2D eigenvalue weighted by Gasteiger charge is -2.31. The second-order valence-electron chi connectivity index (χ2n) is 6.69. The Morgan fingerprint density at radius 2 is 2.00 bits per heavy atom. The minimum Gasteiger partial charge on any atom is -0.458 e. The lowest BCUT2D eigenvalue weighted by molar-refractivity contribution is -0.172. The number of para-hydroxylation sites is 1. The molecule has 1 aromatic carbocycles. The topological polar surface area (TPSA) is 83.8 Å². The van der Waals surface area contributed by atoms with Crippen LogP contribution in [0.1, 0.15) is 24.5 Å². The monoisotopic (exact) mass is 348 g/mol. The molecule has 0 spiro atoms. The minimum absolute atomic E-state index is 0.123. The van der Waals surface area contributed by atoms with Gasteiger partial charge in [-0.25, -0.2) is 4.79 Å². The van der Waals surface area contributed by atoms with Crippen LogP contribution in [0.4, 0.5) is 0 Å². The summed E-state index contributed by atoms with van der Waals surface area (Å²) in [6.45, 7) is 1.57. The van der Waals surface area contributed by atoms with E-state index in [4.69, 9.17) is 4.74 Å². The summed E-state index contributed by atoms with van der Waals surface area (Å²) >= 11 is 0. The Hall–Kier alpha value is -3.12. The van der Waals surface area contributed by atoms with Gasteiger partial charge in [0.05, 0.1) is 22.1 Å². The summed E-state index contributed by atoms with van der Waals surface area (Å²) in [4.78, 5) is 28.6. The predicted molar refractivity (Wildman–Crippen MR) is 97.0 cm³/mol. The zero-order valence-corrected chi connectivity index (χ0v) is 14.1. The molecule has 130 valence electrons. The zero-order valence-electron chi connectivity index (χ0n) is 14.1. The van der Waals surface area contributed by atoms with Gasteiger partial charge in [-0.15, -0.1) is 0 Å². The van der Waals surface area contributed by atoms with Crippen molar-refractivity contribution in [3.8, 4) is 0 Å². The molecule has 4 aromatic rings. The van der Waals surface area contributed by atoms with E-state index in [1.807, 2.05) is 36.4 Å². The van der Waals surface area contributed by atoms with Crippen LogP contribution in [-0.2, 0) is 21.7 Å². The van der Waals surface area contributed by atoms with Crippen molar-refractivity contribution >= 4 is 33.4 Å². The summed E-state index contributed by atoms with van der Waals surface area (Å²) < 4.78 is 6.69. The molecule has 26 heavy (non-hydrogen) atoms. The van der Waals surface area contributed by atoms with Crippen LogP contribution in [0.25, 0.3) is 27.5 Å². The van der Waals surface area contributed by atoms with Gasteiger partial charge in [-0.1, -0.05) is 25.1 Å². The van der Waals surface area contributed by atoms with Gasteiger partial charge in [0.15, 0.2) is 5.60 Å². The SMILES string of the molecule is CC[C@@]1(O)C(=O)OCc2c1cc1cc3[nH]c4ccccc4cc3n1c2=O. The number of nitrogens with zero attached hydrogens (tertiary/aromatic N) is 1. The maximum Gasteiger partial charge on any atom is 0.343 e. The van der Waals surface area contributed by atoms with Crippen molar-refractivity contribution in [3.63, 3.8) is 0 Å². The van der Waals surface area contributed by atoms with Crippen LogP contribution in [0, 0.1) is 0 Å². The molecule has 0 fully saturated rings. The van der Waals surface area contributed by atoms with Gasteiger partial charge in [0.1, 0.15) is 6.61 Å². The van der Waals surface area contributed by atoms with Gasteiger partial charge in [0.2, 0.25) is 0 Å². The largest absolute Gasteiger partial charge is 0.458 e. The maximum atomic E-state index is 13.1. The highest BCUT2D eigenvalue weighted by molar-refractivity contribution is 5.95. The first-order valence-corrected chi connectivity index (χ1v) is 8.52. The van der Waals surface area contributed by atoms with Crippen LogP contribution < -0.4 is 5.56 Å². The van der Waals surface area contributed by atoms with Gasteiger partial charge >= 0.3 is 5.97 Å². The number of cyclic esters (lactones) is 1.